The first kappa shape index (κ1) is 11.0. The molecule has 0 atom stereocenters. The first-order valence-electron chi connectivity index (χ1n) is 4.76. The number of aromatic nitrogens is 2. The van der Waals surface area contributed by atoms with Gasteiger partial charge >= 0.3 is 0 Å². The predicted octanol–water partition coefficient (Wildman–Crippen LogP) is 3.52. The maximum atomic E-state index is 4.07. The van der Waals surface area contributed by atoms with Crippen LogP contribution in [0.4, 0.5) is 0 Å². The number of thioether (sulfide) groups is 1. The average molecular weight is 216 g/mol. The standard InChI is InChI=1S/C9H16N2S2/c1-3-4-5-6-7-12-9-11-10-8(2)13-9/h3-7H2,1-2H3. The minimum absolute atomic E-state index is 1.07. The molecular weight excluding hydrogens is 200 g/mol. The summed E-state index contributed by atoms with van der Waals surface area (Å²) in [4.78, 5) is 0. The van der Waals surface area contributed by atoms with Gasteiger partial charge in [-0.15, -0.1) is 10.2 Å². The van der Waals surface area contributed by atoms with Gasteiger partial charge in [0.2, 0.25) is 0 Å². The Balaban J connectivity index is 2.06. The molecule has 0 aromatic carbocycles. The molecular formula is C9H16N2S2. The van der Waals surface area contributed by atoms with E-state index in [1.807, 2.05) is 18.7 Å². The average Bonchev–Trinajstić information content (AvgIpc) is 2.51. The second-order valence-corrected chi connectivity index (χ2v) is 5.52. The number of aryl methyl sites for hydroxylation is 1. The quantitative estimate of drug-likeness (QED) is 0.537. The summed E-state index contributed by atoms with van der Waals surface area (Å²) < 4.78 is 1.12. The van der Waals surface area contributed by atoms with Crippen LogP contribution in [0, 0.1) is 6.92 Å². The first-order valence-corrected chi connectivity index (χ1v) is 6.56. The van der Waals surface area contributed by atoms with Gasteiger partial charge in [0.1, 0.15) is 5.01 Å². The summed E-state index contributed by atoms with van der Waals surface area (Å²) in [5, 5.41) is 9.11. The van der Waals surface area contributed by atoms with Crippen LogP contribution in [0.3, 0.4) is 0 Å². The van der Waals surface area contributed by atoms with E-state index in [1.54, 1.807) is 11.3 Å². The van der Waals surface area contributed by atoms with Crippen molar-refractivity contribution in [2.45, 2.75) is 43.9 Å². The van der Waals surface area contributed by atoms with E-state index in [1.165, 1.54) is 31.4 Å². The van der Waals surface area contributed by atoms with Gasteiger partial charge in [-0.2, -0.15) is 0 Å². The second-order valence-electron chi connectivity index (χ2n) is 3.00. The summed E-state index contributed by atoms with van der Waals surface area (Å²) in [5.74, 6) is 1.19. The molecule has 1 rings (SSSR count). The number of rotatable bonds is 6. The molecule has 13 heavy (non-hydrogen) atoms. The van der Waals surface area contributed by atoms with Crippen molar-refractivity contribution >= 4 is 23.1 Å². The van der Waals surface area contributed by atoms with Crippen LogP contribution in [-0.4, -0.2) is 16.0 Å². The number of nitrogens with zero attached hydrogens (tertiary/aromatic N) is 2. The van der Waals surface area contributed by atoms with Crippen LogP contribution in [-0.2, 0) is 0 Å². The van der Waals surface area contributed by atoms with Crippen LogP contribution < -0.4 is 0 Å². The van der Waals surface area contributed by atoms with E-state index in [4.69, 9.17) is 0 Å². The molecule has 2 nitrogen and oxygen atoms in total. The second kappa shape index (κ2) is 6.38. The lowest BCUT2D eigenvalue weighted by atomic mass is 10.2. The van der Waals surface area contributed by atoms with E-state index >= 15 is 0 Å². The highest BCUT2D eigenvalue weighted by atomic mass is 32.2. The zero-order valence-corrected chi connectivity index (χ0v) is 9.88. The van der Waals surface area contributed by atoms with Crippen LogP contribution in [0.25, 0.3) is 0 Å². The van der Waals surface area contributed by atoms with Crippen LogP contribution in [0.5, 0.6) is 0 Å². The Morgan fingerprint density at radius 1 is 1.23 bits per heavy atom. The topological polar surface area (TPSA) is 25.8 Å². The van der Waals surface area contributed by atoms with Crippen molar-refractivity contribution in [3.8, 4) is 0 Å². The summed E-state index contributed by atoms with van der Waals surface area (Å²) in [6.07, 6.45) is 5.32. The van der Waals surface area contributed by atoms with Crippen molar-refractivity contribution in [3.63, 3.8) is 0 Å². The summed E-state index contributed by atoms with van der Waals surface area (Å²) >= 11 is 3.53. The summed E-state index contributed by atoms with van der Waals surface area (Å²) in [6.45, 7) is 4.24. The van der Waals surface area contributed by atoms with E-state index in [0.29, 0.717) is 0 Å². The van der Waals surface area contributed by atoms with Crippen LogP contribution in [0.2, 0.25) is 0 Å². The highest BCUT2D eigenvalue weighted by molar-refractivity contribution is 8.01. The van der Waals surface area contributed by atoms with E-state index in [9.17, 15) is 0 Å². The Morgan fingerprint density at radius 2 is 2.08 bits per heavy atom. The molecule has 1 heterocycles. The first-order chi connectivity index (χ1) is 6.33. The molecule has 4 heteroatoms. The lowest BCUT2D eigenvalue weighted by Gasteiger charge is -1.96. The Labute approximate surface area is 88.2 Å². The maximum Gasteiger partial charge on any atom is 0.174 e. The van der Waals surface area contributed by atoms with Gasteiger partial charge < -0.3 is 0 Å². The van der Waals surface area contributed by atoms with Crippen molar-refractivity contribution in [3.05, 3.63) is 5.01 Å². The predicted molar refractivity (Wildman–Crippen MR) is 59.5 cm³/mol. The van der Waals surface area contributed by atoms with Gasteiger partial charge in [-0.05, 0) is 13.3 Å². The highest BCUT2D eigenvalue weighted by Crippen LogP contribution is 2.22. The molecule has 0 radical (unpaired) electrons. The number of hydrogen-bond donors (Lipinski definition) is 0. The van der Waals surface area contributed by atoms with Crippen molar-refractivity contribution in [2.75, 3.05) is 5.75 Å². The third kappa shape index (κ3) is 4.62. The normalized spacial score (nSPS) is 10.6. The van der Waals surface area contributed by atoms with E-state index in [-0.39, 0.29) is 0 Å². The molecule has 74 valence electrons. The SMILES string of the molecule is CCCCCCSc1nnc(C)s1. The fourth-order valence-electron chi connectivity index (χ4n) is 1.03. The van der Waals surface area contributed by atoms with Gasteiger partial charge in [-0.25, -0.2) is 0 Å². The smallest absolute Gasteiger partial charge is 0.143 e. The molecule has 0 aliphatic heterocycles. The molecule has 0 bridgehead atoms. The lowest BCUT2D eigenvalue weighted by Crippen LogP contribution is -1.80. The van der Waals surface area contributed by atoms with Crippen molar-refractivity contribution in [2.24, 2.45) is 0 Å². The third-order valence-corrected chi connectivity index (χ3v) is 3.79. The highest BCUT2D eigenvalue weighted by Gasteiger charge is 1.99. The van der Waals surface area contributed by atoms with Crippen LogP contribution in [0.1, 0.15) is 37.6 Å². The molecule has 0 spiro atoms. The largest absolute Gasteiger partial charge is 0.174 e. The van der Waals surface area contributed by atoms with Gasteiger partial charge in [0.25, 0.3) is 0 Å². The van der Waals surface area contributed by atoms with E-state index in [2.05, 4.69) is 17.1 Å². The molecule has 0 aliphatic rings. The van der Waals surface area contributed by atoms with E-state index < -0.39 is 0 Å². The molecule has 0 saturated heterocycles. The molecule has 0 fully saturated rings. The molecule has 0 amide bonds. The van der Waals surface area contributed by atoms with Crippen LogP contribution in [0.15, 0.2) is 4.34 Å². The van der Waals surface area contributed by atoms with Gasteiger partial charge in [-0.3, -0.25) is 0 Å². The van der Waals surface area contributed by atoms with Gasteiger partial charge in [0.05, 0.1) is 0 Å². The van der Waals surface area contributed by atoms with Gasteiger partial charge in [0, 0.05) is 5.75 Å². The Bertz CT molecular complexity index is 235. The molecule has 1 aromatic rings. The minimum atomic E-state index is 1.07. The zero-order valence-electron chi connectivity index (χ0n) is 8.25. The third-order valence-electron chi connectivity index (χ3n) is 1.73. The van der Waals surface area contributed by atoms with Crippen LogP contribution >= 0.6 is 23.1 Å². The molecule has 0 saturated carbocycles. The molecule has 0 N–H and O–H groups in total. The minimum Gasteiger partial charge on any atom is -0.143 e. The number of hydrogen-bond acceptors (Lipinski definition) is 4. The maximum absolute atomic E-state index is 4.07. The fraction of sp³-hybridized carbons (Fsp3) is 0.778. The fourth-order valence-corrected chi connectivity index (χ4v) is 2.91. The Hall–Kier alpha value is -0.0900. The van der Waals surface area contributed by atoms with E-state index in [0.717, 1.165) is 9.35 Å². The van der Waals surface area contributed by atoms with Crippen molar-refractivity contribution < 1.29 is 0 Å². The van der Waals surface area contributed by atoms with Crippen molar-refractivity contribution in [1.82, 2.24) is 10.2 Å². The summed E-state index contributed by atoms with van der Waals surface area (Å²) in [5.41, 5.74) is 0. The monoisotopic (exact) mass is 216 g/mol. The zero-order chi connectivity index (χ0) is 9.52. The molecule has 1 aromatic heterocycles. The molecule has 0 aliphatic carbocycles. The Morgan fingerprint density at radius 3 is 2.69 bits per heavy atom. The van der Waals surface area contributed by atoms with Crippen molar-refractivity contribution in [1.29, 1.82) is 0 Å². The summed E-state index contributed by atoms with van der Waals surface area (Å²) in [7, 11) is 0. The molecule has 0 unspecified atom stereocenters. The summed E-state index contributed by atoms with van der Waals surface area (Å²) in [6, 6.07) is 0. The van der Waals surface area contributed by atoms with Gasteiger partial charge in [0.15, 0.2) is 4.34 Å². The van der Waals surface area contributed by atoms with Gasteiger partial charge in [-0.1, -0.05) is 49.3 Å². The number of unbranched alkanes of at least 4 members (excludes halogenated alkanes) is 3. The lowest BCUT2D eigenvalue weighted by molar-refractivity contribution is 0.706. The Kier molecular flexibility index (Phi) is 5.39.